The first-order valence-electron chi connectivity index (χ1n) is 6.84. The predicted octanol–water partition coefficient (Wildman–Crippen LogP) is 0.793. The molecule has 2 rings (SSSR count). The molecule has 0 unspecified atom stereocenters. The van der Waals surface area contributed by atoms with E-state index in [0.717, 1.165) is 25.9 Å². The summed E-state index contributed by atoms with van der Waals surface area (Å²) in [5, 5.41) is 2.83. The van der Waals surface area contributed by atoms with Crippen molar-refractivity contribution in [3.05, 3.63) is 22.1 Å². The summed E-state index contributed by atoms with van der Waals surface area (Å²) < 4.78 is 4.86. The average molecular weight is 280 g/mol. The lowest BCUT2D eigenvalue weighted by molar-refractivity contribution is 0.146. The maximum absolute atomic E-state index is 11.4. The Balaban J connectivity index is 1.90. The summed E-state index contributed by atoms with van der Waals surface area (Å²) in [6, 6.07) is 1.58. The number of aromatic amines is 1. The summed E-state index contributed by atoms with van der Waals surface area (Å²) in [5.74, 6) is 0.601. The van der Waals surface area contributed by atoms with Crippen molar-refractivity contribution in [2.75, 3.05) is 24.6 Å². The molecular formula is C13H20N4O3. The first kappa shape index (κ1) is 14.4. The summed E-state index contributed by atoms with van der Waals surface area (Å²) >= 11 is 0. The molecule has 1 aliphatic rings. The minimum absolute atomic E-state index is 0.113. The van der Waals surface area contributed by atoms with Gasteiger partial charge in [-0.3, -0.25) is 9.78 Å². The number of amides is 1. The number of nitrogens with one attached hydrogen (secondary N) is 2. The van der Waals surface area contributed by atoms with E-state index in [2.05, 4.69) is 15.3 Å². The molecule has 0 spiro atoms. The maximum Gasteiger partial charge on any atom is 0.407 e. The number of H-pyrrole nitrogens is 1. The normalized spacial score (nSPS) is 16.0. The van der Waals surface area contributed by atoms with Crippen molar-refractivity contribution in [2.45, 2.75) is 32.7 Å². The summed E-state index contributed by atoms with van der Waals surface area (Å²) in [4.78, 5) is 31.9. The quantitative estimate of drug-likeness (QED) is 0.855. The van der Waals surface area contributed by atoms with E-state index in [1.54, 1.807) is 13.8 Å². The molecule has 7 heteroatoms. The van der Waals surface area contributed by atoms with Gasteiger partial charge in [0.2, 0.25) is 5.95 Å². The van der Waals surface area contributed by atoms with E-state index in [1.807, 2.05) is 4.90 Å². The SMILES string of the molecule is CCOC(=O)NC1CCN(c2nc(C)cc(=O)[nH]2)CC1. The molecule has 0 bridgehead atoms. The van der Waals surface area contributed by atoms with E-state index in [9.17, 15) is 9.59 Å². The molecule has 110 valence electrons. The Morgan fingerprint density at radius 3 is 2.85 bits per heavy atom. The predicted molar refractivity (Wildman–Crippen MR) is 75.0 cm³/mol. The number of aryl methyl sites for hydroxylation is 1. The summed E-state index contributed by atoms with van der Waals surface area (Å²) in [6.45, 7) is 5.43. The highest BCUT2D eigenvalue weighted by atomic mass is 16.5. The molecule has 0 aliphatic carbocycles. The van der Waals surface area contributed by atoms with Crippen LogP contribution in [0.1, 0.15) is 25.5 Å². The third-order valence-corrected chi connectivity index (χ3v) is 3.25. The van der Waals surface area contributed by atoms with Gasteiger partial charge in [-0.05, 0) is 26.7 Å². The van der Waals surface area contributed by atoms with Crippen LogP contribution in [0.3, 0.4) is 0 Å². The van der Waals surface area contributed by atoms with Crippen LogP contribution < -0.4 is 15.8 Å². The van der Waals surface area contributed by atoms with E-state index in [1.165, 1.54) is 6.07 Å². The summed E-state index contributed by atoms with van der Waals surface area (Å²) in [6.07, 6.45) is 1.24. The first-order valence-corrected chi connectivity index (χ1v) is 6.84. The van der Waals surface area contributed by atoms with Gasteiger partial charge in [0.15, 0.2) is 0 Å². The number of alkyl carbamates (subject to hydrolysis) is 1. The van der Waals surface area contributed by atoms with Crippen LogP contribution in [0.2, 0.25) is 0 Å². The van der Waals surface area contributed by atoms with Crippen LogP contribution >= 0.6 is 0 Å². The molecule has 1 aliphatic heterocycles. The number of anilines is 1. The van der Waals surface area contributed by atoms with Gasteiger partial charge in [0.1, 0.15) is 0 Å². The molecule has 0 aromatic carbocycles. The van der Waals surface area contributed by atoms with Crippen LogP contribution in [0, 0.1) is 6.92 Å². The molecule has 0 saturated carbocycles. The lowest BCUT2D eigenvalue weighted by Gasteiger charge is -2.32. The standard InChI is InChI=1S/C13H20N4O3/c1-3-20-13(19)15-10-4-6-17(7-5-10)12-14-9(2)8-11(18)16-12/h8,10H,3-7H2,1-2H3,(H,15,19)(H,14,16,18). The highest BCUT2D eigenvalue weighted by Crippen LogP contribution is 2.15. The zero-order valence-corrected chi connectivity index (χ0v) is 11.8. The molecule has 7 nitrogen and oxygen atoms in total. The highest BCUT2D eigenvalue weighted by Gasteiger charge is 2.22. The fourth-order valence-corrected chi connectivity index (χ4v) is 2.29. The second-order valence-electron chi connectivity index (χ2n) is 4.84. The molecule has 1 aromatic rings. The number of ether oxygens (including phenoxy) is 1. The van der Waals surface area contributed by atoms with Gasteiger partial charge in [0.25, 0.3) is 5.56 Å². The van der Waals surface area contributed by atoms with E-state index >= 15 is 0 Å². The van der Waals surface area contributed by atoms with Crippen molar-refractivity contribution in [1.29, 1.82) is 0 Å². The van der Waals surface area contributed by atoms with Crippen molar-refractivity contribution in [1.82, 2.24) is 15.3 Å². The number of piperidine rings is 1. The topological polar surface area (TPSA) is 87.3 Å². The average Bonchev–Trinajstić information content (AvgIpc) is 2.38. The molecule has 1 amide bonds. The zero-order chi connectivity index (χ0) is 14.5. The number of hydrogen-bond donors (Lipinski definition) is 2. The Hall–Kier alpha value is -2.05. The minimum Gasteiger partial charge on any atom is -0.450 e. The molecule has 1 saturated heterocycles. The second-order valence-corrected chi connectivity index (χ2v) is 4.84. The monoisotopic (exact) mass is 280 g/mol. The van der Waals surface area contributed by atoms with Crippen LogP contribution in [0.5, 0.6) is 0 Å². The lowest BCUT2D eigenvalue weighted by atomic mass is 10.1. The lowest BCUT2D eigenvalue weighted by Crippen LogP contribution is -2.45. The molecule has 2 N–H and O–H groups in total. The van der Waals surface area contributed by atoms with Crippen molar-refractivity contribution in [3.8, 4) is 0 Å². The van der Waals surface area contributed by atoms with Gasteiger partial charge in [-0.25, -0.2) is 9.78 Å². The van der Waals surface area contributed by atoms with Crippen LogP contribution in [0.4, 0.5) is 10.7 Å². The molecule has 1 fully saturated rings. The van der Waals surface area contributed by atoms with Crippen LogP contribution in [-0.4, -0.2) is 41.8 Å². The van der Waals surface area contributed by atoms with E-state index in [4.69, 9.17) is 4.74 Å². The smallest absolute Gasteiger partial charge is 0.407 e. The second kappa shape index (κ2) is 6.40. The van der Waals surface area contributed by atoms with Gasteiger partial charge in [-0.1, -0.05) is 0 Å². The number of hydrogen-bond acceptors (Lipinski definition) is 5. The van der Waals surface area contributed by atoms with Crippen LogP contribution in [-0.2, 0) is 4.74 Å². The van der Waals surface area contributed by atoms with Crippen molar-refractivity contribution >= 4 is 12.0 Å². The molecule has 0 radical (unpaired) electrons. The molecule has 1 aromatic heterocycles. The third-order valence-electron chi connectivity index (χ3n) is 3.25. The summed E-state index contributed by atoms with van der Waals surface area (Å²) in [7, 11) is 0. The Kier molecular flexibility index (Phi) is 4.60. The number of rotatable bonds is 3. The molecule has 2 heterocycles. The van der Waals surface area contributed by atoms with E-state index < -0.39 is 0 Å². The van der Waals surface area contributed by atoms with Gasteiger partial charge in [0, 0.05) is 30.9 Å². The molecule has 0 atom stereocenters. The molecular weight excluding hydrogens is 260 g/mol. The minimum atomic E-state index is -0.368. The van der Waals surface area contributed by atoms with Gasteiger partial charge in [-0.15, -0.1) is 0 Å². The largest absolute Gasteiger partial charge is 0.450 e. The fourth-order valence-electron chi connectivity index (χ4n) is 2.29. The third kappa shape index (κ3) is 3.72. The number of carbonyl (C=O) groups excluding carboxylic acids is 1. The number of nitrogens with zero attached hydrogens (tertiary/aromatic N) is 2. The zero-order valence-electron chi connectivity index (χ0n) is 11.8. The van der Waals surface area contributed by atoms with Crippen molar-refractivity contribution in [2.24, 2.45) is 0 Å². The number of aromatic nitrogens is 2. The van der Waals surface area contributed by atoms with Crippen molar-refractivity contribution in [3.63, 3.8) is 0 Å². The van der Waals surface area contributed by atoms with Crippen LogP contribution in [0.25, 0.3) is 0 Å². The summed E-state index contributed by atoms with van der Waals surface area (Å²) in [5.41, 5.74) is 0.565. The Bertz CT molecular complexity index is 521. The Labute approximate surface area is 117 Å². The van der Waals surface area contributed by atoms with Gasteiger partial charge < -0.3 is 15.0 Å². The number of carbonyl (C=O) groups is 1. The Morgan fingerprint density at radius 2 is 2.25 bits per heavy atom. The van der Waals surface area contributed by atoms with E-state index in [-0.39, 0.29) is 17.7 Å². The van der Waals surface area contributed by atoms with E-state index in [0.29, 0.717) is 18.2 Å². The fraction of sp³-hybridized carbons (Fsp3) is 0.615. The highest BCUT2D eigenvalue weighted by molar-refractivity contribution is 5.67. The van der Waals surface area contributed by atoms with Gasteiger partial charge in [0.05, 0.1) is 6.61 Å². The van der Waals surface area contributed by atoms with Gasteiger partial charge >= 0.3 is 6.09 Å². The molecule has 20 heavy (non-hydrogen) atoms. The van der Waals surface area contributed by atoms with Gasteiger partial charge in [-0.2, -0.15) is 0 Å². The maximum atomic E-state index is 11.4. The Morgan fingerprint density at radius 1 is 1.55 bits per heavy atom. The first-order chi connectivity index (χ1) is 9.58. The van der Waals surface area contributed by atoms with Crippen molar-refractivity contribution < 1.29 is 9.53 Å². The van der Waals surface area contributed by atoms with Crippen LogP contribution in [0.15, 0.2) is 10.9 Å².